The summed E-state index contributed by atoms with van der Waals surface area (Å²) >= 11 is 0. The van der Waals surface area contributed by atoms with E-state index in [1.807, 2.05) is 0 Å². The van der Waals surface area contributed by atoms with Gasteiger partial charge in [-0.1, -0.05) is 6.92 Å². The standard InChI is InChI=1S/C8H15NO2S/c1-7-4-5-9(6-7)12(10,11)8-2-3-8/h7-8H,2-6H2,1H3/t7-/m1/s1. The molecule has 0 amide bonds. The summed E-state index contributed by atoms with van der Waals surface area (Å²) in [6.45, 7) is 3.61. The van der Waals surface area contributed by atoms with Crippen molar-refractivity contribution in [3.05, 3.63) is 0 Å². The van der Waals surface area contributed by atoms with E-state index in [4.69, 9.17) is 0 Å². The Labute approximate surface area is 73.8 Å². The number of hydrogen-bond donors (Lipinski definition) is 0. The maximum Gasteiger partial charge on any atom is 0.216 e. The molecule has 2 fully saturated rings. The van der Waals surface area contributed by atoms with E-state index in [2.05, 4.69) is 6.92 Å². The van der Waals surface area contributed by atoms with E-state index in [1.54, 1.807) is 4.31 Å². The van der Waals surface area contributed by atoms with Crippen molar-refractivity contribution in [2.24, 2.45) is 5.92 Å². The van der Waals surface area contributed by atoms with E-state index in [0.29, 0.717) is 5.92 Å². The summed E-state index contributed by atoms with van der Waals surface area (Å²) in [5.74, 6) is 0.554. The zero-order valence-corrected chi connectivity index (χ0v) is 8.18. The first-order chi connectivity index (χ1) is 5.60. The fraction of sp³-hybridized carbons (Fsp3) is 1.00. The predicted octanol–water partition coefficient (Wildman–Crippen LogP) is 0.820. The maximum atomic E-state index is 11.7. The molecule has 3 nitrogen and oxygen atoms in total. The monoisotopic (exact) mass is 189 g/mol. The van der Waals surface area contributed by atoms with Crippen LogP contribution in [0, 0.1) is 5.92 Å². The van der Waals surface area contributed by atoms with Crippen molar-refractivity contribution in [2.45, 2.75) is 31.4 Å². The quantitative estimate of drug-likeness (QED) is 0.645. The van der Waals surface area contributed by atoms with Crippen molar-refractivity contribution in [1.29, 1.82) is 0 Å². The summed E-state index contributed by atoms with van der Waals surface area (Å²) in [7, 11) is -2.87. The third kappa shape index (κ3) is 1.38. The molecule has 2 aliphatic rings. The third-order valence-corrected chi connectivity index (χ3v) is 5.06. The lowest BCUT2D eigenvalue weighted by Crippen LogP contribution is -2.31. The molecule has 1 heterocycles. The average Bonchev–Trinajstić information content (AvgIpc) is 2.75. The Hall–Kier alpha value is -0.0900. The maximum absolute atomic E-state index is 11.7. The van der Waals surface area contributed by atoms with Crippen LogP contribution in [0.4, 0.5) is 0 Å². The fourth-order valence-electron chi connectivity index (χ4n) is 1.70. The highest BCUT2D eigenvalue weighted by Crippen LogP contribution is 2.33. The first-order valence-electron chi connectivity index (χ1n) is 4.59. The Morgan fingerprint density at radius 3 is 2.33 bits per heavy atom. The molecule has 0 bridgehead atoms. The molecule has 1 saturated carbocycles. The highest BCUT2D eigenvalue weighted by molar-refractivity contribution is 7.90. The second kappa shape index (κ2) is 2.70. The molecular weight excluding hydrogens is 174 g/mol. The van der Waals surface area contributed by atoms with Crippen molar-refractivity contribution >= 4 is 10.0 Å². The van der Waals surface area contributed by atoms with Crippen LogP contribution in [0.15, 0.2) is 0 Å². The first kappa shape index (κ1) is 8.51. The zero-order valence-electron chi connectivity index (χ0n) is 7.36. The summed E-state index contributed by atoms with van der Waals surface area (Å²) in [4.78, 5) is 0. The normalized spacial score (nSPS) is 32.6. The molecule has 1 atom stereocenters. The second-order valence-electron chi connectivity index (χ2n) is 4.00. The number of nitrogens with zero attached hydrogens (tertiary/aromatic N) is 1. The van der Waals surface area contributed by atoms with Crippen LogP contribution in [0.5, 0.6) is 0 Å². The topological polar surface area (TPSA) is 37.4 Å². The highest BCUT2D eigenvalue weighted by atomic mass is 32.2. The lowest BCUT2D eigenvalue weighted by Gasteiger charge is -2.14. The molecule has 1 aliphatic carbocycles. The average molecular weight is 189 g/mol. The molecule has 70 valence electrons. The molecule has 12 heavy (non-hydrogen) atoms. The zero-order chi connectivity index (χ0) is 8.77. The third-order valence-electron chi connectivity index (χ3n) is 2.69. The van der Waals surface area contributed by atoms with Gasteiger partial charge in [-0.15, -0.1) is 0 Å². The van der Waals surface area contributed by atoms with E-state index in [9.17, 15) is 8.42 Å². The highest BCUT2D eigenvalue weighted by Gasteiger charge is 2.41. The molecular formula is C8H15NO2S. The van der Waals surface area contributed by atoms with Gasteiger partial charge in [0, 0.05) is 13.1 Å². The van der Waals surface area contributed by atoms with Crippen LogP contribution in [0.3, 0.4) is 0 Å². The van der Waals surface area contributed by atoms with Crippen molar-refractivity contribution < 1.29 is 8.42 Å². The van der Waals surface area contributed by atoms with E-state index in [1.165, 1.54) is 0 Å². The largest absolute Gasteiger partial charge is 0.216 e. The van der Waals surface area contributed by atoms with Crippen LogP contribution < -0.4 is 0 Å². The van der Waals surface area contributed by atoms with Crippen molar-refractivity contribution in [3.8, 4) is 0 Å². The summed E-state index contributed by atoms with van der Waals surface area (Å²) in [5.41, 5.74) is 0. The predicted molar refractivity (Wildman–Crippen MR) is 47.3 cm³/mol. The van der Waals surface area contributed by atoms with Gasteiger partial charge in [-0.2, -0.15) is 0 Å². The van der Waals surface area contributed by atoms with Gasteiger partial charge in [0.05, 0.1) is 5.25 Å². The lowest BCUT2D eigenvalue weighted by molar-refractivity contribution is 0.463. The van der Waals surface area contributed by atoms with Gasteiger partial charge in [-0.05, 0) is 25.2 Å². The van der Waals surface area contributed by atoms with Crippen LogP contribution in [0.2, 0.25) is 0 Å². The van der Waals surface area contributed by atoms with Crippen molar-refractivity contribution in [2.75, 3.05) is 13.1 Å². The summed E-state index contributed by atoms with van der Waals surface area (Å²) < 4.78 is 25.0. The number of rotatable bonds is 2. The minimum Gasteiger partial charge on any atom is -0.212 e. The van der Waals surface area contributed by atoms with Crippen LogP contribution in [0.25, 0.3) is 0 Å². The van der Waals surface area contributed by atoms with Gasteiger partial charge in [-0.3, -0.25) is 0 Å². The van der Waals surface area contributed by atoms with Gasteiger partial charge in [0.2, 0.25) is 10.0 Å². The molecule has 1 saturated heterocycles. The Balaban J connectivity index is 2.08. The van der Waals surface area contributed by atoms with Gasteiger partial charge in [0.15, 0.2) is 0 Å². The Morgan fingerprint density at radius 2 is 1.92 bits per heavy atom. The lowest BCUT2D eigenvalue weighted by atomic mass is 10.2. The number of hydrogen-bond acceptors (Lipinski definition) is 2. The van der Waals surface area contributed by atoms with Crippen LogP contribution in [-0.2, 0) is 10.0 Å². The SMILES string of the molecule is C[C@@H]1CCN(S(=O)(=O)C2CC2)C1. The molecule has 0 aromatic carbocycles. The molecule has 4 heteroatoms. The molecule has 0 aromatic heterocycles. The van der Waals surface area contributed by atoms with E-state index >= 15 is 0 Å². The smallest absolute Gasteiger partial charge is 0.212 e. The summed E-state index contributed by atoms with van der Waals surface area (Å²) in [5, 5.41) is -0.0252. The Morgan fingerprint density at radius 1 is 1.25 bits per heavy atom. The molecule has 2 rings (SSSR count). The van der Waals surface area contributed by atoms with Crippen LogP contribution in [0.1, 0.15) is 26.2 Å². The minimum absolute atomic E-state index is 0.0252. The van der Waals surface area contributed by atoms with Crippen LogP contribution in [-0.4, -0.2) is 31.1 Å². The van der Waals surface area contributed by atoms with Gasteiger partial charge in [-0.25, -0.2) is 12.7 Å². The Bertz CT molecular complexity index is 269. The van der Waals surface area contributed by atoms with Gasteiger partial charge >= 0.3 is 0 Å². The van der Waals surface area contributed by atoms with E-state index < -0.39 is 10.0 Å². The van der Waals surface area contributed by atoms with E-state index in [-0.39, 0.29) is 5.25 Å². The minimum atomic E-state index is -2.87. The second-order valence-corrected chi connectivity index (χ2v) is 6.21. The molecule has 0 radical (unpaired) electrons. The van der Waals surface area contributed by atoms with Crippen molar-refractivity contribution in [3.63, 3.8) is 0 Å². The Kier molecular flexibility index (Phi) is 1.92. The molecule has 0 aromatic rings. The van der Waals surface area contributed by atoms with Gasteiger partial charge in [0.1, 0.15) is 0 Å². The van der Waals surface area contributed by atoms with Gasteiger partial charge < -0.3 is 0 Å². The van der Waals surface area contributed by atoms with Crippen molar-refractivity contribution in [1.82, 2.24) is 4.31 Å². The molecule has 0 N–H and O–H groups in total. The molecule has 0 spiro atoms. The van der Waals surface area contributed by atoms with Gasteiger partial charge in [0.25, 0.3) is 0 Å². The summed E-state index contributed by atoms with van der Waals surface area (Å²) in [6.07, 6.45) is 2.80. The summed E-state index contributed by atoms with van der Waals surface area (Å²) in [6, 6.07) is 0. The number of sulfonamides is 1. The van der Waals surface area contributed by atoms with E-state index in [0.717, 1.165) is 32.4 Å². The molecule has 0 unspecified atom stereocenters. The molecule has 1 aliphatic heterocycles. The first-order valence-corrected chi connectivity index (χ1v) is 6.10. The fourth-order valence-corrected chi connectivity index (χ4v) is 3.68. The van der Waals surface area contributed by atoms with Crippen LogP contribution >= 0.6 is 0 Å².